The van der Waals surface area contributed by atoms with Crippen LogP contribution in [0.1, 0.15) is 62.5 Å². The monoisotopic (exact) mass is 384 g/mol. The first kappa shape index (κ1) is 21.9. The molecule has 0 radical (unpaired) electrons. The highest BCUT2D eigenvalue weighted by Gasteiger charge is 1.99. The minimum atomic E-state index is 0.783. The molecule has 2 rings (SSSR count). The molecule has 0 bridgehead atoms. The zero-order valence-corrected chi connectivity index (χ0v) is 17.5. The van der Waals surface area contributed by atoms with E-state index in [-0.39, 0.29) is 0 Å². The molecule has 0 saturated heterocycles. The van der Waals surface area contributed by atoms with Gasteiger partial charge in [0.2, 0.25) is 0 Å². The second-order valence-electron chi connectivity index (χ2n) is 7.56. The van der Waals surface area contributed by atoms with Gasteiger partial charge in [-0.15, -0.1) is 0 Å². The molecule has 28 heavy (non-hydrogen) atoms. The van der Waals surface area contributed by atoms with Gasteiger partial charge in [-0.05, 0) is 74.2 Å². The Hall–Kier alpha value is -2.36. The first-order valence-electron chi connectivity index (χ1n) is 10.5. The van der Waals surface area contributed by atoms with E-state index in [2.05, 4.69) is 0 Å². The van der Waals surface area contributed by atoms with Crippen LogP contribution in [0.2, 0.25) is 0 Å². The Bertz CT molecular complexity index is 654. The number of aryl methyl sites for hydroxylation is 2. The fourth-order valence-corrected chi connectivity index (χ4v) is 3.12. The first-order chi connectivity index (χ1) is 13.6. The lowest BCUT2D eigenvalue weighted by Gasteiger charge is -2.09. The standard InChI is InChI=1S/C24H36N2O2/c1-19-17-21(11-13-23(19)25)27-15-9-7-5-3-4-6-8-10-16-28-22-12-14-24(26)20(2)18-22/h11-14,17-18H,3-10,15-16,25-26H2,1-2H3. The second kappa shape index (κ2) is 12.2. The molecule has 0 spiro atoms. The number of anilines is 2. The minimum Gasteiger partial charge on any atom is -0.494 e. The SMILES string of the molecule is Cc1cc(OCCCCCCCCCCOc2ccc(N)c(C)c2)ccc1N. The van der Waals surface area contributed by atoms with Crippen LogP contribution in [0.4, 0.5) is 11.4 Å². The highest BCUT2D eigenvalue weighted by molar-refractivity contribution is 5.50. The summed E-state index contributed by atoms with van der Waals surface area (Å²) >= 11 is 0. The van der Waals surface area contributed by atoms with Crippen molar-refractivity contribution in [2.45, 2.75) is 65.2 Å². The summed E-state index contributed by atoms with van der Waals surface area (Å²) in [6.07, 6.45) is 9.85. The summed E-state index contributed by atoms with van der Waals surface area (Å²) in [7, 11) is 0. The summed E-state index contributed by atoms with van der Waals surface area (Å²) in [5, 5.41) is 0. The van der Waals surface area contributed by atoms with Gasteiger partial charge < -0.3 is 20.9 Å². The number of benzene rings is 2. The molecule has 0 amide bonds. The van der Waals surface area contributed by atoms with Crippen molar-refractivity contribution in [1.29, 1.82) is 0 Å². The van der Waals surface area contributed by atoms with Gasteiger partial charge in [0, 0.05) is 11.4 Å². The average molecular weight is 385 g/mol. The molecule has 0 atom stereocenters. The number of hydrogen-bond acceptors (Lipinski definition) is 4. The lowest BCUT2D eigenvalue weighted by molar-refractivity contribution is 0.301. The average Bonchev–Trinajstić information content (AvgIpc) is 2.68. The predicted octanol–water partition coefficient (Wildman–Crippen LogP) is 6.05. The third kappa shape index (κ3) is 8.12. The van der Waals surface area contributed by atoms with Gasteiger partial charge >= 0.3 is 0 Å². The van der Waals surface area contributed by atoms with E-state index >= 15 is 0 Å². The molecule has 0 saturated carbocycles. The molecular formula is C24H36N2O2. The molecule has 0 aliphatic heterocycles. The maximum absolute atomic E-state index is 5.82. The number of nitrogen functional groups attached to an aromatic ring is 2. The molecule has 4 N–H and O–H groups in total. The van der Waals surface area contributed by atoms with E-state index in [1.165, 1.54) is 38.5 Å². The Labute approximate surface area is 170 Å². The number of rotatable bonds is 13. The number of unbranched alkanes of at least 4 members (excludes halogenated alkanes) is 7. The summed E-state index contributed by atoms with van der Waals surface area (Å²) in [5.41, 5.74) is 15.4. The Morgan fingerprint density at radius 3 is 1.29 bits per heavy atom. The highest BCUT2D eigenvalue weighted by atomic mass is 16.5. The summed E-state index contributed by atoms with van der Waals surface area (Å²) in [4.78, 5) is 0. The van der Waals surface area contributed by atoms with Crippen LogP contribution in [0, 0.1) is 13.8 Å². The minimum absolute atomic E-state index is 0.783. The van der Waals surface area contributed by atoms with Crippen molar-refractivity contribution >= 4 is 11.4 Å². The van der Waals surface area contributed by atoms with Crippen LogP contribution in [0.25, 0.3) is 0 Å². The van der Waals surface area contributed by atoms with Gasteiger partial charge in [-0.1, -0.05) is 38.5 Å². The maximum atomic E-state index is 5.82. The first-order valence-corrected chi connectivity index (χ1v) is 10.5. The maximum Gasteiger partial charge on any atom is 0.119 e. The Morgan fingerprint density at radius 1 is 0.571 bits per heavy atom. The number of nitrogens with two attached hydrogens (primary N) is 2. The van der Waals surface area contributed by atoms with E-state index in [9.17, 15) is 0 Å². The van der Waals surface area contributed by atoms with E-state index in [0.717, 1.165) is 60.1 Å². The third-order valence-corrected chi connectivity index (χ3v) is 5.06. The quantitative estimate of drug-likeness (QED) is 0.326. The van der Waals surface area contributed by atoms with Crippen molar-refractivity contribution in [3.8, 4) is 11.5 Å². The molecule has 2 aromatic rings. The van der Waals surface area contributed by atoms with Gasteiger partial charge in [-0.2, -0.15) is 0 Å². The van der Waals surface area contributed by atoms with Crippen LogP contribution in [0.15, 0.2) is 36.4 Å². The molecule has 2 aromatic carbocycles. The second-order valence-corrected chi connectivity index (χ2v) is 7.56. The van der Waals surface area contributed by atoms with Crippen molar-refractivity contribution in [3.63, 3.8) is 0 Å². The van der Waals surface area contributed by atoms with E-state index in [1.807, 2.05) is 50.2 Å². The van der Waals surface area contributed by atoms with Crippen LogP contribution in [-0.2, 0) is 0 Å². The molecule has 0 aliphatic rings. The van der Waals surface area contributed by atoms with Crippen molar-refractivity contribution in [1.82, 2.24) is 0 Å². The van der Waals surface area contributed by atoms with Crippen LogP contribution in [0.3, 0.4) is 0 Å². The molecule has 4 heteroatoms. The van der Waals surface area contributed by atoms with Gasteiger partial charge in [0.1, 0.15) is 11.5 Å². The fourth-order valence-electron chi connectivity index (χ4n) is 3.12. The molecule has 0 aliphatic carbocycles. The van der Waals surface area contributed by atoms with Crippen molar-refractivity contribution in [2.24, 2.45) is 0 Å². The molecule has 0 aromatic heterocycles. The van der Waals surface area contributed by atoms with Crippen LogP contribution in [-0.4, -0.2) is 13.2 Å². The lowest BCUT2D eigenvalue weighted by Crippen LogP contribution is -1.99. The van der Waals surface area contributed by atoms with Crippen LogP contribution < -0.4 is 20.9 Å². The van der Waals surface area contributed by atoms with Gasteiger partial charge in [0.25, 0.3) is 0 Å². The van der Waals surface area contributed by atoms with Gasteiger partial charge in [0.05, 0.1) is 13.2 Å². The fraction of sp³-hybridized carbons (Fsp3) is 0.500. The summed E-state index contributed by atoms with van der Waals surface area (Å²) < 4.78 is 11.6. The highest BCUT2D eigenvalue weighted by Crippen LogP contribution is 2.20. The largest absolute Gasteiger partial charge is 0.494 e. The smallest absolute Gasteiger partial charge is 0.119 e. The zero-order valence-electron chi connectivity index (χ0n) is 17.5. The Balaban J connectivity index is 1.39. The van der Waals surface area contributed by atoms with Crippen molar-refractivity contribution in [2.75, 3.05) is 24.7 Å². The molecule has 0 unspecified atom stereocenters. The molecule has 0 fully saturated rings. The number of hydrogen-bond donors (Lipinski definition) is 2. The van der Waals surface area contributed by atoms with Gasteiger partial charge in [-0.3, -0.25) is 0 Å². The molecule has 4 nitrogen and oxygen atoms in total. The molecular weight excluding hydrogens is 348 g/mol. The van der Waals surface area contributed by atoms with Gasteiger partial charge in [-0.25, -0.2) is 0 Å². The molecule has 0 heterocycles. The summed E-state index contributed by atoms with van der Waals surface area (Å²) in [5.74, 6) is 1.84. The summed E-state index contributed by atoms with van der Waals surface area (Å²) in [6.45, 7) is 5.58. The van der Waals surface area contributed by atoms with E-state index in [4.69, 9.17) is 20.9 Å². The number of ether oxygens (including phenoxy) is 2. The van der Waals surface area contributed by atoms with Crippen molar-refractivity contribution < 1.29 is 9.47 Å². The zero-order chi connectivity index (χ0) is 20.2. The van der Waals surface area contributed by atoms with Crippen LogP contribution >= 0.6 is 0 Å². The lowest BCUT2D eigenvalue weighted by atomic mass is 10.1. The van der Waals surface area contributed by atoms with E-state index in [0.29, 0.717) is 0 Å². The predicted molar refractivity (Wildman–Crippen MR) is 119 cm³/mol. The van der Waals surface area contributed by atoms with E-state index < -0.39 is 0 Å². The molecule has 154 valence electrons. The summed E-state index contributed by atoms with van der Waals surface area (Å²) in [6, 6.07) is 11.7. The Kier molecular flexibility index (Phi) is 9.53. The topological polar surface area (TPSA) is 70.5 Å². The normalized spacial score (nSPS) is 10.8. The Morgan fingerprint density at radius 2 is 0.929 bits per heavy atom. The van der Waals surface area contributed by atoms with Gasteiger partial charge in [0.15, 0.2) is 0 Å². The van der Waals surface area contributed by atoms with Crippen LogP contribution in [0.5, 0.6) is 11.5 Å². The van der Waals surface area contributed by atoms with E-state index in [1.54, 1.807) is 0 Å². The third-order valence-electron chi connectivity index (χ3n) is 5.06. The van der Waals surface area contributed by atoms with Crippen molar-refractivity contribution in [3.05, 3.63) is 47.5 Å².